The van der Waals surface area contributed by atoms with Gasteiger partial charge in [-0.1, -0.05) is 18.5 Å². The molecule has 0 fully saturated rings. The molecule has 0 spiro atoms. The third kappa shape index (κ3) is 3.23. The Hall–Kier alpha value is -1.63. The number of halogens is 4. The minimum Gasteiger partial charge on any atom is -0.222 e. The number of hydrogen-bond acceptors (Lipinski definition) is 3. The average Bonchev–Trinajstić information content (AvgIpc) is 2.77. The monoisotopic (exact) mass is 290 g/mol. The van der Waals surface area contributed by atoms with Crippen LogP contribution in [-0.4, -0.2) is 19.7 Å². The standard InChI is InChI=1S/C11H10ClF3N4/c1-2-3-9-17-8(12)4-10(18-9)19-6-7(5-16-19)11(13,14)15/h4-6H,2-3H2,1H3. The molecule has 0 atom stereocenters. The Morgan fingerprint density at radius 1 is 1.32 bits per heavy atom. The van der Waals surface area contributed by atoms with Gasteiger partial charge in [0.25, 0.3) is 0 Å². The molecule has 2 heterocycles. The highest BCUT2D eigenvalue weighted by atomic mass is 35.5. The Kier molecular flexibility index (Phi) is 3.75. The van der Waals surface area contributed by atoms with Crippen LogP contribution in [0.1, 0.15) is 24.7 Å². The summed E-state index contributed by atoms with van der Waals surface area (Å²) in [6.45, 7) is 1.94. The highest BCUT2D eigenvalue weighted by molar-refractivity contribution is 6.29. The summed E-state index contributed by atoms with van der Waals surface area (Å²) in [4.78, 5) is 8.12. The fourth-order valence-corrected chi connectivity index (χ4v) is 1.69. The molecule has 8 heteroatoms. The van der Waals surface area contributed by atoms with Gasteiger partial charge in [0, 0.05) is 18.7 Å². The summed E-state index contributed by atoms with van der Waals surface area (Å²) in [6, 6.07) is 1.37. The molecule has 0 saturated carbocycles. The van der Waals surface area contributed by atoms with Crippen molar-refractivity contribution in [3.05, 3.63) is 35.0 Å². The van der Waals surface area contributed by atoms with E-state index in [4.69, 9.17) is 11.6 Å². The van der Waals surface area contributed by atoms with Crippen LogP contribution < -0.4 is 0 Å². The van der Waals surface area contributed by atoms with Crippen molar-refractivity contribution in [3.63, 3.8) is 0 Å². The molecule has 2 aromatic heterocycles. The van der Waals surface area contributed by atoms with Gasteiger partial charge in [-0.05, 0) is 6.42 Å². The minimum atomic E-state index is -4.43. The van der Waals surface area contributed by atoms with Gasteiger partial charge < -0.3 is 0 Å². The Morgan fingerprint density at radius 3 is 2.63 bits per heavy atom. The first-order chi connectivity index (χ1) is 8.90. The Labute approximate surface area is 112 Å². The zero-order valence-corrected chi connectivity index (χ0v) is 10.7. The van der Waals surface area contributed by atoms with Gasteiger partial charge in [-0.15, -0.1) is 0 Å². The van der Waals surface area contributed by atoms with Crippen LogP contribution in [-0.2, 0) is 12.6 Å². The van der Waals surface area contributed by atoms with Gasteiger partial charge in [-0.3, -0.25) is 0 Å². The maximum Gasteiger partial charge on any atom is 0.419 e. The van der Waals surface area contributed by atoms with E-state index in [-0.39, 0.29) is 11.0 Å². The van der Waals surface area contributed by atoms with Crippen LogP contribution in [0.3, 0.4) is 0 Å². The van der Waals surface area contributed by atoms with E-state index in [1.165, 1.54) is 6.07 Å². The molecule has 0 aliphatic rings. The first-order valence-electron chi connectivity index (χ1n) is 5.56. The quantitative estimate of drug-likeness (QED) is 0.815. The van der Waals surface area contributed by atoms with Crippen molar-refractivity contribution in [2.24, 2.45) is 0 Å². The fraction of sp³-hybridized carbons (Fsp3) is 0.364. The number of aromatic nitrogens is 4. The maximum atomic E-state index is 12.5. The molecule has 0 amide bonds. The lowest BCUT2D eigenvalue weighted by Gasteiger charge is -2.04. The second-order valence-electron chi connectivity index (χ2n) is 3.89. The van der Waals surface area contributed by atoms with Crippen molar-refractivity contribution >= 4 is 11.6 Å². The van der Waals surface area contributed by atoms with Crippen molar-refractivity contribution < 1.29 is 13.2 Å². The molecule has 0 bridgehead atoms. The highest BCUT2D eigenvalue weighted by Crippen LogP contribution is 2.29. The molecule has 2 rings (SSSR count). The molecule has 0 N–H and O–H groups in total. The summed E-state index contributed by atoms with van der Waals surface area (Å²) in [5.74, 6) is 0.702. The zero-order valence-electron chi connectivity index (χ0n) is 9.95. The van der Waals surface area contributed by atoms with Crippen LogP contribution >= 0.6 is 11.6 Å². The number of nitrogens with zero attached hydrogens (tertiary/aromatic N) is 4. The van der Waals surface area contributed by atoms with E-state index in [1.54, 1.807) is 0 Å². The van der Waals surface area contributed by atoms with Gasteiger partial charge in [0.1, 0.15) is 11.0 Å². The lowest BCUT2D eigenvalue weighted by atomic mass is 10.3. The molecule has 0 unspecified atom stereocenters. The van der Waals surface area contributed by atoms with Gasteiger partial charge in [-0.2, -0.15) is 18.3 Å². The number of rotatable bonds is 3. The second-order valence-corrected chi connectivity index (χ2v) is 4.27. The predicted octanol–water partition coefficient (Wildman–Crippen LogP) is 3.29. The Bertz CT molecular complexity index is 580. The van der Waals surface area contributed by atoms with E-state index in [2.05, 4.69) is 15.1 Å². The van der Waals surface area contributed by atoms with E-state index in [1.807, 2.05) is 6.92 Å². The number of aryl methyl sites for hydroxylation is 1. The van der Waals surface area contributed by atoms with Crippen LogP contribution in [0.15, 0.2) is 18.5 Å². The zero-order chi connectivity index (χ0) is 14.0. The van der Waals surface area contributed by atoms with Crippen molar-refractivity contribution in [2.45, 2.75) is 25.9 Å². The number of hydrogen-bond donors (Lipinski definition) is 0. The first-order valence-corrected chi connectivity index (χ1v) is 5.93. The summed E-state index contributed by atoms with van der Waals surface area (Å²) in [7, 11) is 0. The van der Waals surface area contributed by atoms with Crippen molar-refractivity contribution in [1.29, 1.82) is 0 Å². The van der Waals surface area contributed by atoms with Gasteiger partial charge in [0.15, 0.2) is 5.82 Å². The first kappa shape index (κ1) is 13.8. The van der Waals surface area contributed by atoms with Gasteiger partial charge in [-0.25, -0.2) is 14.6 Å². The SMILES string of the molecule is CCCc1nc(Cl)cc(-n2cc(C(F)(F)F)cn2)n1. The average molecular weight is 291 g/mol. The van der Waals surface area contributed by atoms with Crippen molar-refractivity contribution in [2.75, 3.05) is 0 Å². The molecule has 0 aliphatic heterocycles. The molecule has 19 heavy (non-hydrogen) atoms. The molecule has 0 radical (unpaired) electrons. The topological polar surface area (TPSA) is 43.6 Å². The van der Waals surface area contributed by atoms with Crippen LogP contribution in [0.4, 0.5) is 13.2 Å². The summed E-state index contributed by atoms with van der Waals surface area (Å²) < 4.78 is 38.5. The van der Waals surface area contributed by atoms with E-state index in [9.17, 15) is 13.2 Å². The molecular weight excluding hydrogens is 281 g/mol. The molecule has 0 saturated heterocycles. The van der Waals surface area contributed by atoms with Crippen LogP contribution in [0.2, 0.25) is 5.15 Å². The van der Waals surface area contributed by atoms with Gasteiger partial charge in [0.05, 0.1) is 11.8 Å². The van der Waals surface area contributed by atoms with E-state index in [0.717, 1.165) is 23.5 Å². The summed E-state index contributed by atoms with van der Waals surface area (Å²) >= 11 is 5.82. The third-order valence-corrected chi connectivity index (χ3v) is 2.54. The molecule has 0 aliphatic carbocycles. The smallest absolute Gasteiger partial charge is 0.222 e. The second kappa shape index (κ2) is 5.16. The predicted molar refractivity (Wildman–Crippen MR) is 63.2 cm³/mol. The molecule has 4 nitrogen and oxygen atoms in total. The fourth-order valence-electron chi connectivity index (χ4n) is 1.50. The Morgan fingerprint density at radius 2 is 2.05 bits per heavy atom. The lowest BCUT2D eigenvalue weighted by molar-refractivity contribution is -0.137. The summed E-state index contributed by atoms with van der Waals surface area (Å²) in [6.07, 6.45) is -1.40. The van der Waals surface area contributed by atoms with E-state index in [0.29, 0.717) is 12.2 Å². The van der Waals surface area contributed by atoms with Crippen molar-refractivity contribution in [3.8, 4) is 5.82 Å². The maximum absolute atomic E-state index is 12.5. The van der Waals surface area contributed by atoms with Crippen molar-refractivity contribution in [1.82, 2.24) is 19.7 Å². The Balaban J connectivity index is 2.38. The summed E-state index contributed by atoms with van der Waals surface area (Å²) in [5, 5.41) is 3.82. The molecule has 102 valence electrons. The molecule has 0 aromatic carbocycles. The highest BCUT2D eigenvalue weighted by Gasteiger charge is 2.32. The van der Waals surface area contributed by atoms with Crippen LogP contribution in [0, 0.1) is 0 Å². The summed E-state index contributed by atoms with van der Waals surface area (Å²) in [5.41, 5.74) is -0.834. The van der Waals surface area contributed by atoms with Gasteiger partial charge >= 0.3 is 6.18 Å². The third-order valence-electron chi connectivity index (χ3n) is 2.35. The minimum absolute atomic E-state index is 0.178. The molecular formula is C11H10ClF3N4. The molecule has 2 aromatic rings. The number of alkyl halides is 3. The van der Waals surface area contributed by atoms with Crippen LogP contribution in [0.25, 0.3) is 5.82 Å². The largest absolute Gasteiger partial charge is 0.419 e. The van der Waals surface area contributed by atoms with E-state index < -0.39 is 11.7 Å². The lowest BCUT2D eigenvalue weighted by Crippen LogP contribution is -2.05. The van der Waals surface area contributed by atoms with Crippen LogP contribution in [0.5, 0.6) is 0 Å². The van der Waals surface area contributed by atoms with E-state index >= 15 is 0 Å². The normalized spacial score (nSPS) is 11.8. The van der Waals surface area contributed by atoms with Gasteiger partial charge in [0.2, 0.25) is 0 Å².